The van der Waals surface area contributed by atoms with E-state index < -0.39 is 5.24 Å². The molecule has 0 aliphatic carbocycles. The fraction of sp³-hybridized carbons (Fsp3) is 0.158. The first-order valence-corrected chi connectivity index (χ1v) is 7.81. The van der Waals surface area contributed by atoms with E-state index in [-0.39, 0.29) is 0 Å². The van der Waals surface area contributed by atoms with Gasteiger partial charge in [0.1, 0.15) is 5.75 Å². The Morgan fingerprint density at radius 3 is 2.70 bits per heavy atom. The first-order chi connectivity index (χ1) is 11.1. The van der Waals surface area contributed by atoms with Crippen LogP contribution in [-0.4, -0.2) is 16.8 Å². The van der Waals surface area contributed by atoms with Crippen molar-refractivity contribution in [3.05, 3.63) is 59.7 Å². The fourth-order valence-electron chi connectivity index (χ4n) is 2.60. The third kappa shape index (κ3) is 3.06. The number of para-hydroxylation sites is 1. The molecule has 0 saturated heterocycles. The van der Waals surface area contributed by atoms with Crippen molar-refractivity contribution in [3.63, 3.8) is 0 Å². The predicted molar refractivity (Wildman–Crippen MR) is 93.3 cm³/mol. The number of pyridine rings is 1. The van der Waals surface area contributed by atoms with Gasteiger partial charge < -0.3 is 4.74 Å². The minimum absolute atomic E-state index is 0.460. The van der Waals surface area contributed by atoms with Crippen LogP contribution in [0.25, 0.3) is 22.2 Å². The van der Waals surface area contributed by atoms with Crippen LogP contribution < -0.4 is 4.74 Å². The highest BCUT2D eigenvalue weighted by Gasteiger charge is 2.14. The second-order valence-electron chi connectivity index (χ2n) is 5.28. The highest BCUT2D eigenvalue weighted by atomic mass is 35.5. The lowest BCUT2D eigenvalue weighted by atomic mass is 10.0. The van der Waals surface area contributed by atoms with Gasteiger partial charge in [0.25, 0.3) is 5.24 Å². The molecule has 3 rings (SSSR count). The molecule has 0 aliphatic rings. The number of carbonyl (C=O) groups is 1. The Kier molecular flexibility index (Phi) is 4.30. The van der Waals surface area contributed by atoms with Crippen LogP contribution in [0.4, 0.5) is 0 Å². The summed E-state index contributed by atoms with van der Waals surface area (Å²) in [5, 5.41) is 0.279. The third-order valence-electron chi connectivity index (χ3n) is 3.64. The van der Waals surface area contributed by atoms with E-state index in [0.29, 0.717) is 17.9 Å². The first kappa shape index (κ1) is 15.5. The maximum atomic E-state index is 11.9. The summed E-state index contributed by atoms with van der Waals surface area (Å²) in [6.07, 6.45) is 0. The lowest BCUT2D eigenvalue weighted by Gasteiger charge is -2.12. The van der Waals surface area contributed by atoms with Crippen molar-refractivity contribution in [2.75, 3.05) is 6.61 Å². The van der Waals surface area contributed by atoms with Gasteiger partial charge in [0.05, 0.1) is 17.8 Å². The van der Waals surface area contributed by atoms with Gasteiger partial charge in [-0.2, -0.15) is 0 Å². The number of halogens is 1. The Hall–Kier alpha value is -2.39. The maximum Gasteiger partial charge on any atom is 0.253 e. The monoisotopic (exact) mass is 325 g/mol. The van der Waals surface area contributed by atoms with Gasteiger partial charge in [-0.15, -0.1) is 0 Å². The number of ether oxygens (including phenoxy) is 1. The van der Waals surface area contributed by atoms with E-state index >= 15 is 0 Å². The van der Waals surface area contributed by atoms with E-state index in [2.05, 4.69) is 4.98 Å². The minimum Gasteiger partial charge on any atom is -0.493 e. The first-order valence-electron chi connectivity index (χ1n) is 7.43. The van der Waals surface area contributed by atoms with E-state index in [0.717, 1.165) is 27.8 Å². The Morgan fingerprint density at radius 1 is 1.17 bits per heavy atom. The summed E-state index contributed by atoms with van der Waals surface area (Å²) in [5.41, 5.74) is 3.77. The van der Waals surface area contributed by atoms with Gasteiger partial charge in [-0.1, -0.05) is 23.8 Å². The molecule has 0 atom stereocenters. The second-order valence-corrected chi connectivity index (χ2v) is 5.62. The fourth-order valence-corrected chi connectivity index (χ4v) is 2.76. The van der Waals surface area contributed by atoms with Crippen molar-refractivity contribution in [2.45, 2.75) is 13.8 Å². The van der Waals surface area contributed by atoms with Gasteiger partial charge in [0.2, 0.25) is 0 Å². The molecule has 0 bridgehead atoms. The number of aromatic nitrogens is 1. The number of fused-ring (bicyclic) bond motifs is 1. The van der Waals surface area contributed by atoms with Crippen LogP contribution in [0, 0.1) is 6.92 Å². The highest BCUT2D eigenvalue weighted by molar-refractivity contribution is 6.68. The molecule has 1 aromatic heterocycles. The van der Waals surface area contributed by atoms with Gasteiger partial charge >= 0.3 is 0 Å². The van der Waals surface area contributed by atoms with Crippen molar-refractivity contribution in [1.82, 2.24) is 4.98 Å². The van der Waals surface area contributed by atoms with Crippen molar-refractivity contribution < 1.29 is 9.53 Å². The average Bonchev–Trinajstić information content (AvgIpc) is 2.54. The van der Waals surface area contributed by atoms with E-state index in [9.17, 15) is 4.79 Å². The molecule has 0 aliphatic heterocycles. The number of hydrogen-bond acceptors (Lipinski definition) is 3. The molecule has 0 unspecified atom stereocenters. The van der Waals surface area contributed by atoms with Crippen LogP contribution in [0.5, 0.6) is 5.75 Å². The van der Waals surface area contributed by atoms with Gasteiger partial charge in [-0.3, -0.25) is 4.79 Å². The molecule has 3 nitrogen and oxygen atoms in total. The Labute approximate surface area is 139 Å². The zero-order valence-electron chi connectivity index (χ0n) is 13.0. The highest BCUT2D eigenvalue weighted by Crippen LogP contribution is 2.32. The predicted octanol–water partition coefficient (Wildman–Crippen LogP) is 4.99. The molecule has 0 N–H and O–H groups in total. The molecule has 1 heterocycles. The number of nitrogens with zero attached hydrogens (tertiary/aromatic N) is 1. The third-order valence-corrected chi connectivity index (χ3v) is 3.84. The van der Waals surface area contributed by atoms with Crippen molar-refractivity contribution in [3.8, 4) is 17.0 Å². The van der Waals surface area contributed by atoms with Crippen LogP contribution >= 0.6 is 11.6 Å². The molecule has 23 heavy (non-hydrogen) atoms. The van der Waals surface area contributed by atoms with Crippen LogP contribution in [-0.2, 0) is 0 Å². The topological polar surface area (TPSA) is 39.2 Å². The zero-order valence-corrected chi connectivity index (χ0v) is 13.7. The molecule has 0 saturated carbocycles. The molecular formula is C19H16ClNO2. The lowest BCUT2D eigenvalue weighted by molar-refractivity contribution is 0.108. The number of benzene rings is 2. The smallest absolute Gasteiger partial charge is 0.253 e. The van der Waals surface area contributed by atoms with Gasteiger partial charge in [-0.05, 0) is 55.8 Å². The molecule has 0 radical (unpaired) electrons. The minimum atomic E-state index is -0.488. The van der Waals surface area contributed by atoms with Gasteiger partial charge in [0, 0.05) is 16.5 Å². The molecule has 116 valence electrons. The maximum absolute atomic E-state index is 11.9. The Bertz CT molecular complexity index is 890. The Morgan fingerprint density at radius 2 is 1.96 bits per heavy atom. The summed E-state index contributed by atoms with van der Waals surface area (Å²) in [4.78, 5) is 16.6. The number of carbonyl (C=O) groups excluding carboxylic acids is 1. The molecule has 0 spiro atoms. The SMILES string of the molecule is CCOc1ccccc1-c1cc(C(=O)Cl)c2cc(C)ccc2n1. The molecule has 3 aromatic rings. The van der Waals surface area contributed by atoms with Crippen molar-refractivity contribution in [1.29, 1.82) is 0 Å². The molecular weight excluding hydrogens is 310 g/mol. The number of hydrogen-bond donors (Lipinski definition) is 0. The van der Waals surface area contributed by atoms with Crippen molar-refractivity contribution in [2.24, 2.45) is 0 Å². The summed E-state index contributed by atoms with van der Waals surface area (Å²) >= 11 is 5.80. The Balaban J connectivity index is 2.27. The zero-order chi connectivity index (χ0) is 16.4. The van der Waals surface area contributed by atoms with E-state index in [1.807, 2.05) is 56.3 Å². The second kappa shape index (κ2) is 6.39. The van der Waals surface area contributed by atoms with E-state index in [4.69, 9.17) is 16.3 Å². The summed E-state index contributed by atoms with van der Waals surface area (Å²) in [6, 6.07) is 15.2. The summed E-state index contributed by atoms with van der Waals surface area (Å²) < 4.78 is 5.67. The molecule has 0 amide bonds. The van der Waals surface area contributed by atoms with Gasteiger partial charge in [0.15, 0.2) is 0 Å². The normalized spacial score (nSPS) is 10.7. The summed E-state index contributed by atoms with van der Waals surface area (Å²) in [7, 11) is 0. The molecule has 4 heteroatoms. The van der Waals surface area contributed by atoms with Crippen LogP contribution in [0.2, 0.25) is 0 Å². The van der Waals surface area contributed by atoms with Crippen LogP contribution in [0.15, 0.2) is 48.5 Å². The summed E-state index contributed by atoms with van der Waals surface area (Å²) in [6.45, 7) is 4.46. The quantitative estimate of drug-likeness (QED) is 0.634. The molecule has 0 fully saturated rings. The van der Waals surface area contributed by atoms with Crippen molar-refractivity contribution >= 4 is 27.7 Å². The standard InChI is InChI=1S/C19H16ClNO2/c1-3-23-18-7-5-4-6-13(18)17-11-15(19(20)22)14-10-12(2)8-9-16(14)21-17/h4-11H,3H2,1-2H3. The number of rotatable bonds is 4. The lowest BCUT2D eigenvalue weighted by Crippen LogP contribution is -1.98. The van der Waals surface area contributed by atoms with Crippen LogP contribution in [0.3, 0.4) is 0 Å². The largest absolute Gasteiger partial charge is 0.493 e. The van der Waals surface area contributed by atoms with E-state index in [1.165, 1.54) is 0 Å². The molecule has 2 aromatic carbocycles. The van der Waals surface area contributed by atoms with Crippen LogP contribution in [0.1, 0.15) is 22.8 Å². The van der Waals surface area contributed by atoms with E-state index in [1.54, 1.807) is 6.07 Å². The number of aryl methyl sites for hydroxylation is 1. The van der Waals surface area contributed by atoms with Gasteiger partial charge in [-0.25, -0.2) is 4.98 Å². The average molecular weight is 326 g/mol. The summed E-state index contributed by atoms with van der Waals surface area (Å²) in [5.74, 6) is 0.738.